The number of rotatable bonds is 4. The molecule has 5 heteroatoms. The second kappa shape index (κ2) is 6.65. The number of amides is 1. The van der Waals surface area contributed by atoms with Gasteiger partial charge >= 0.3 is 0 Å². The van der Waals surface area contributed by atoms with Gasteiger partial charge in [-0.25, -0.2) is 0 Å². The Kier molecular flexibility index (Phi) is 4.39. The molecule has 1 aromatic heterocycles. The van der Waals surface area contributed by atoms with Crippen LogP contribution < -0.4 is 16.2 Å². The van der Waals surface area contributed by atoms with Gasteiger partial charge in [-0.1, -0.05) is 6.07 Å². The number of hydrogen-bond acceptors (Lipinski definition) is 4. The highest BCUT2D eigenvalue weighted by Crippen LogP contribution is 2.37. The fourth-order valence-electron chi connectivity index (χ4n) is 2.81. The summed E-state index contributed by atoms with van der Waals surface area (Å²) in [4.78, 5) is 15.9. The first-order valence-electron chi connectivity index (χ1n) is 7.80. The van der Waals surface area contributed by atoms with E-state index in [1.165, 1.54) is 0 Å². The number of aromatic nitrogens is 1. The topological polar surface area (TPSA) is 91.2 Å². The number of carbonyl (C=O) groups is 1. The van der Waals surface area contributed by atoms with Crippen LogP contribution in [-0.4, -0.2) is 18.0 Å². The van der Waals surface area contributed by atoms with Gasteiger partial charge in [0.2, 0.25) is 0 Å². The lowest BCUT2D eigenvalue weighted by Crippen LogP contribution is -2.14. The molecule has 3 aromatic rings. The number of aryl methyl sites for hydroxylation is 1. The van der Waals surface area contributed by atoms with E-state index in [4.69, 9.17) is 16.2 Å². The molecule has 0 aliphatic carbocycles. The summed E-state index contributed by atoms with van der Waals surface area (Å²) in [6, 6.07) is 13.2. The predicted octanol–water partition coefficient (Wildman–Crippen LogP) is 3.41. The van der Waals surface area contributed by atoms with Crippen molar-refractivity contribution in [3.05, 3.63) is 66.0 Å². The molecule has 0 unspecified atom stereocenters. The number of benzene rings is 2. The minimum Gasteiger partial charge on any atom is -0.497 e. The van der Waals surface area contributed by atoms with Crippen molar-refractivity contribution in [2.75, 3.05) is 12.8 Å². The third-order valence-corrected chi connectivity index (χ3v) is 4.19. The van der Waals surface area contributed by atoms with Crippen molar-refractivity contribution >= 4 is 11.6 Å². The largest absolute Gasteiger partial charge is 0.497 e. The van der Waals surface area contributed by atoms with Gasteiger partial charge in [0.15, 0.2) is 0 Å². The molecule has 0 radical (unpaired) electrons. The summed E-state index contributed by atoms with van der Waals surface area (Å²) in [5.41, 5.74) is 16.9. The molecule has 1 heterocycles. The number of nitrogens with zero attached hydrogens (tertiary/aromatic N) is 1. The third kappa shape index (κ3) is 3.17. The van der Waals surface area contributed by atoms with Crippen molar-refractivity contribution in [1.29, 1.82) is 0 Å². The quantitative estimate of drug-likeness (QED) is 0.716. The van der Waals surface area contributed by atoms with E-state index < -0.39 is 5.91 Å². The van der Waals surface area contributed by atoms with Gasteiger partial charge in [-0.3, -0.25) is 9.78 Å². The second-order valence-electron chi connectivity index (χ2n) is 5.77. The minimum atomic E-state index is -0.560. The molecule has 3 rings (SSSR count). The summed E-state index contributed by atoms with van der Waals surface area (Å²) in [7, 11) is 1.61. The van der Waals surface area contributed by atoms with Gasteiger partial charge in [-0.15, -0.1) is 0 Å². The zero-order valence-electron chi connectivity index (χ0n) is 14.1. The Labute approximate surface area is 146 Å². The number of carbonyl (C=O) groups excluding carboxylic acids is 1. The highest BCUT2D eigenvalue weighted by molar-refractivity contribution is 6.03. The number of nitrogen functional groups attached to an aromatic ring is 1. The van der Waals surface area contributed by atoms with Gasteiger partial charge in [-0.05, 0) is 65.6 Å². The zero-order valence-corrected chi connectivity index (χ0v) is 14.1. The standard InChI is InChI=1S/C20H19N3O2/c1-12-3-4-15(25-2)11-16(12)17-9-14(13-5-7-23-8-6-13)10-18(19(17)21)20(22)24/h3-11H,21H2,1-2H3,(H2,22,24). The van der Waals surface area contributed by atoms with E-state index in [0.717, 1.165) is 33.6 Å². The smallest absolute Gasteiger partial charge is 0.250 e. The molecule has 0 saturated heterocycles. The Balaban J connectivity index is 2.29. The molecule has 1 amide bonds. The molecule has 0 spiro atoms. The number of hydrogen-bond donors (Lipinski definition) is 2. The van der Waals surface area contributed by atoms with E-state index in [9.17, 15) is 4.79 Å². The summed E-state index contributed by atoms with van der Waals surface area (Å²) < 4.78 is 5.32. The number of primary amides is 1. The number of methoxy groups -OCH3 is 1. The van der Waals surface area contributed by atoms with Crippen molar-refractivity contribution in [3.63, 3.8) is 0 Å². The van der Waals surface area contributed by atoms with Crippen molar-refractivity contribution in [1.82, 2.24) is 4.98 Å². The predicted molar refractivity (Wildman–Crippen MR) is 99.3 cm³/mol. The van der Waals surface area contributed by atoms with Crippen LogP contribution >= 0.6 is 0 Å². The number of pyridine rings is 1. The number of anilines is 1. The maximum absolute atomic E-state index is 11.9. The molecule has 2 aromatic carbocycles. The summed E-state index contributed by atoms with van der Waals surface area (Å²) in [6.45, 7) is 1.98. The maximum atomic E-state index is 11.9. The summed E-state index contributed by atoms with van der Waals surface area (Å²) in [6.07, 6.45) is 3.40. The van der Waals surface area contributed by atoms with E-state index in [2.05, 4.69) is 4.98 Å². The lowest BCUT2D eigenvalue weighted by Gasteiger charge is -2.15. The SMILES string of the molecule is COc1ccc(C)c(-c2cc(-c3ccncc3)cc(C(N)=O)c2N)c1. The summed E-state index contributed by atoms with van der Waals surface area (Å²) in [5, 5.41) is 0. The lowest BCUT2D eigenvalue weighted by atomic mass is 9.92. The first-order valence-corrected chi connectivity index (χ1v) is 7.80. The highest BCUT2D eigenvalue weighted by Gasteiger charge is 2.16. The third-order valence-electron chi connectivity index (χ3n) is 4.19. The van der Waals surface area contributed by atoms with Gasteiger partial charge < -0.3 is 16.2 Å². The molecule has 0 saturated carbocycles. The van der Waals surface area contributed by atoms with Gasteiger partial charge in [0.05, 0.1) is 18.4 Å². The van der Waals surface area contributed by atoms with Crippen molar-refractivity contribution in [3.8, 4) is 28.0 Å². The van der Waals surface area contributed by atoms with Gasteiger partial charge in [0.25, 0.3) is 5.91 Å². The van der Waals surface area contributed by atoms with E-state index >= 15 is 0 Å². The Bertz CT molecular complexity index is 937. The average molecular weight is 333 g/mol. The number of nitrogens with two attached hydrogens (primary N) is 2. The molecule has 25 heavy (non-hydrogen) atoms. The Morgan fingerprint density at radius 2 is 1.72 bits per heavy atom. The van der Waals surface area contributed by atoms with Crippen LogP contribution in [0.1, 0.15) is 15.9 Å². The van der Waals surface area contributed by atoms with Crippen molar-refractivity contribution in [2.24, 2.45) is 5.73 Å². The Morgan fingerprint density at radius 1 is 1.00 bits per heavy atom. The number of ether oxygens (including phenoxy) is 1. The molecule has 0 aliphatic rings. The normalized spacial score (nSPS) is 10.5. The average Bonchev–Trinajstić information content (AvgIpc) is 2.63. The Morgan fingerprint density at radius 3 is 2.36 bits per heavy atom. The molecular weight excluding hydrogens is 314 g/mol. The molecule has 126 valence electrons. The highest BCUT2D eigenvalue weighted by atomic mass is 16.5. The van der Waals surface area contributed by atoms with E-state index in [1.807, 2.05) is 43.3 Å². The van der Waals surface area contributed by atoms with Crippen LogP contribution in [0.2, 0.25) is 0 Å². The van der Waals surface area contributed by atoms with Gasteiger partial charge in [0.1, 0.15) is 5.75 Å². The minimum absolute atomic E-state index is 0.298. The van der Waals surface area contributed by atoms with Crippen LogP contribution in [0.25, 0.3) is 22.3 Å². The van der Waals surface area contributed by atoms with E-state index in [-0.39, 0.29) is 0 Å². The van der Waals surface area contributed by atoms with Crippen LogP contribution in [0, 0.1) is 6.92 Å². The second-order valence-corrected chi connectivity index (χ2v) is 5.77. The van der Waals surface area contributed by atoms with Crippen molar-refractivity contribution < 1.29 is 9.53 Å². The van der Waals surface area contributed by atoms with Crippen LogP contribution in [0.3, 0.4) is 0 Å². The molecule has 0 atom stereocenters. The van der Waals surface area contributed by atoms with E-state index in [0.29, 0.717) is 11.3 Å². The molecular formula is C20H19N3O2. The molecule has 0 fully saturated rings. The molecule has 0 bridgehead atoms. The fourth-order valence-corrected chi connectivity index (χ4v) is 2.81. The summed E-state index contributed by atoms with van der Waals surface area (Å²) >= 11 is 0. The molecule has 0 aliphatic heterocycles. The fraction of sp³-hybridized carbons (Fsp3) is 0.100. The zero-order chi connectivity index (χ0) is 18.0. The molecule has 5 nitrogen and oxygen atoms in total. The van der Waals surface area contributed by atoms with Crippen LogP contribution in [0.15, 0.2) is 54.9 Å². The first-order chi connectivity index (χ1) is 12.0. The van der Waals surface area contributed by atoms with Crippen LogP contribution in [-0.2, 0) is 0 Å². The monoisotopic (exact) mass is 333 g/mol. The lowest BCUT2D eigenvalue weighted by molar-refractivity contribution is 0.100. The summed E-state index contributed by atoms with van der Waals surface area (Å²) in [5.74, 6) is 0.158. The van der Waals surface area contributed by atoms with Crippen LogP contribution in [0.5, 0.6) is 5.75 Å². The first kappa shape index (κ1) is 16.5. The van der Waals surface area contributed by atoms with Crippen molar-refractivity contribution in [2.45, 2.75) is 6.92 Å². The van der Waals surface area contributed by atoms with Gasteiger partial charge in [0, 0.05) is 18.0 Å². The van der Waals surface area contributed by atoms with Gasteiger partial charge in [-0.2, -0.15) is 0 Å². The molecule has 4 N–H and O–H groups in total. The Hall–Kier alpha value is -3.34. The van der Waals surface area contributed by atoms with E-state index in [1.54, 1.807) is 25.6 Å². The van der Waals surface area contributed by atoms with Crippen LogP contribution in [0.4, 0.5) is 5.69 Å². The maximum Gasteiger partial charge on any atom is 0.250 e.